The van der Waals surface area contributed by atoms with E-state index < -0.39 is 0 Å². The van der Waals surface area contributed by atoms with Crippen LogP contribution in [0.1, 0.15) is 21.6 Å². The van der Waals surface area contributed by atoms with Gasteiger partial charge in [-0.3, -0.25) is 14.8 Å². The molecule has 148 valence electrons. The Morgan fingerprint density at radius 1 is 1.21 bits per heavy atom. The molecule has 7 nitrogen and oxygen atoms in total. The van der Waals surface area contributed by atoms with Gasteiger partial charge in [-0.15, -0.1) is 0 Å². The molecule has 1 atom stereocenters. The fraction of sp³-hybridized carbons (Fsp3) is 0.318. The second-order valence-electron chi connectivity index (χ2n) is 7.55. The quantitative estimate of drug-likeness (QED) is 0.714. The average Bonchev–Trinajstić information content (AvgIpc) is 3.08. The molecule has 7 heteroatoms. The number of amides is 1. The van der Waals surface area contributed by atoms with Gasteiger partial charge in [0.1, 0.15) is 0 Å². The summed E-state index contributed by atoms with van der Waals surface area (Å²) in [5.41, 5.74) is 3.00. The van der Waals surface area contributed by atoms with E-state index in [1.807, 2.05) is 48.5 Å². The van der Waals surface area contributed by atoms with Crippen molar-refractivity contribution in [1.29, 1.82) is 5.26 Å². The number of H-pyrrole nitrogens is 1. The molecular weight excluding hydrogens is 364 g/mol. The predicted molar refractivity (Wildman–Crippen MR) is 111 cm³/mol. The number of benzene rings is 2. The van der Waals surface area contributed by atoms with Crippen LogP contribution in [0, 0.1) is 11.3 Å². The molecule has 1 aliphatic rings. The van der Waals surface area contributed by atoms with Crippen LogP contribution >= 0.6 is 0 Å². The number of para-hydroxylation sites is 1. The third kappa shape index (κ3) is 4.29. The largest absolute Gasteiger partial charge is 0.345 e. The summed E-state index contributed by atoms with van der Waals surface area (Å²) in [5, 5.41) is 20.5. The van der Waals surface area contributed by atoms with E-state index in [9.17, 15) is 10.1 Å². The van der Waals surface area contributed by atoms with Crippen molar-refractivity contribution < 1.29 is 4.79 Å². The lowest BCUT2D eigenvalue weighted by Crippen LogP contribution is -2.46. The normalized spacial score (nSPS) is 18.3. The van der Waals surface area contributed by atoms with Gasteiger partial charge in [-0.05, 0) is 24.7 Å². The topological polar surface area (TPSA) is 88.0 Å². The van der Waals surface area contributed by atoms with Crippen LogP contribution in [0.2, 0.25) is 0 Å². The Morgan fingerprint density at radius 2 is 2.00 bits per heavy atom. The molecule has 2 aromatic carbocycles. The number of fused-ring (bicyclic) bond motifs is 1. The van der Waals surface area contributed by atoms with E-state index >= 15 is 0 Å². The molecule has 0 radical (unpaired) electrons. The summed E-state index contributed by atoms with van der Waals surface area (Å²) in [6.07, 6.45) is 0. The Hall–Kier alpha value is -3.21. The lowest BCUT2D eigenvalue weighted by molar-refractivity contribution is 0.0920. The number of hydrogen-bond donors (Lipinski definition) is 2. The van der Waals surface area contributed by atoms with Gasteiger partial charge in [-0.25, -0.2) is 0 Å². The molecule has 2 heterocycles. The maximum absolute atomic E-state index is 12.9. The van der Waals surface area contributed by atoms with E-state index in [0.29, 0.717) is 17.8 Å². The summed E-state index contributed by atoms with van der Waals surface area (Å²) >= 11 is 0. The van der Waals surface area contributed by atoms with Crippen molar-refractivity contribution in [2.24, 2.45) is 0 Å². The van der Waals surface area contributed by atoms with Crippen molar-refractivity contribution in [1.82, 2.24) is 25.3 Å². The Labute approximate surface area is 169 Å². The van der Waals surface area contributed by atoms with Crippen molar-refractivity contribution in [3.05, 3.63) is 65.4 Å². The van der Waals surface area contributed by atoms with Gasteiger partial charge in [0.2, 0.25) is 0 Å². The number of likely N-dealkylation sites (N-methyl/N-ethyl adjacent to an activating group) is 1. The van der Waals surface area contributed by atoms with E-state index in [1.54, 1.807) is 0 Å². The van der Waals surface area contributed by atoms with Gasteiger partial charge >= 0.3 is 0 Å². The SMILES string of the molecule is CN1CCN(Cc2ccccc2C#N)CC(NC(=O)c2n[nH]c3ccccc23)C1. The molecule has 3 aromatic rings. The molecule has 4 rings (SSSR count). The number of nitrogens with one attached hydrogen (secondary N) is 2. The first-order valence-corrected chi connectivity index (χ1v) is 9.77. The highest BCUT2D eigenvalue weighted by atomic mass is 16.2. The van der Waals surface area contributed by atoms with Gasteiger partial charge in [-0.1, -0.05) is 36.4 Å². The monoisotopic (exact) mass is 388 g/mol. The fourth-order valence-electron chi connectivity index (χ4n) is 3.87. The van der Waals surface area contributed by atoms with Crippen molar-refractivity contribution >= 4 is 16.8 Å². The first kappa shape index (κ1) is 19.1. The molecule has 1 aromatic heterocycles. The third-order valence-corrected chi connectivity index (χ3v) is 5.36. The van der Waals surface area contributed by atoms with E-state index in [2.05, 4.69) is 38.4 Å². The molecule has 1 aliphatic heterocycles. The van der Waals surface area contributed by atoms with Gasteiger partial charge in [0, 0.05) is 38.1 Å². The molecule has 0 aliphatic carbocycles. The standard InChI is InChI=1S/C22H24N6O/c1-27-10-11-28(13-17-7-3-2-6-16(17)12-23)15-18(14-27)24-22(29)21-19-8-4-5-9-20(19)25-26-21/h2-9,18H,10-11,13-15H2,1H3,(H,24,29)(H,25,26). The Morgan fingerprint density at radius 3 is 2.86 bits per heavy atom. The number of carbonyl (C=O) groups is 1. The van der Waals surface area contributed by atoms with Crippen LogP contribution in [0.4, 0.5) is 0 Å². The minimum absolute atomic E-state index is 0.0280. The summed E-state index contributed by atoms with van der Waals surface area (Å²) in [6, 6.07) is 17.6. The molecular formula is C22H24N6O. The minimum atomic E-state index is -0.167. The summed E-state index contributed by atoms with van der Waals surface area (Å²) in [4.78, 5) is 17.4. The predicted octanol–water partition coefficient (Wildman–Crippen LogP) is 1.98. The van der Waals surface area contributed by atoms with E-state index in [1.165, 1.54) is 0 Å². The first-order chi connectivity index (χ1) is 14.1. The first-order valence-electron chi connectivity index (χ1n) is 9.77. The summed E-state index contributed by atoms with van der Waals surface area (Å²) < 4.78 is 0. The van der Waals surface area contributed by atoms with E-state index in [0.717, 1.165) is 42.6 Å². The minimum Gasteiger partial charge on any atom is -0.345 e. The van der Waals surface area contributed by atoms with Gasteiger partial charge in [0.25, 0.3) is 5.91 Å². The lowest BCUT2D eigenvalue weighted by atomic mass is 10.1. The van der Waals surface area contributed by atoms with Crippen molar-refractivity contribution in [2.75, 3.05) is 33.2 Å². The molecule has 0 spiro atoms. The zero-order valence-electron chi connectivity index (χ0n) is 16.4. The zero-order chi connectivity index (χ0) is 20.2. The van der Waals surface area contributed by atoms with Crippen LogP contribution in [-0.4, -0.2) is 65.2 Å². The van der Waals surface area contributed by atoms with Crippen LogP contribution in [0.25, 0.3) is 10.9 Å². The smallest absolute Gasteiger partial charge is 0.272 e. The number of nitriles is 1. The molecule has 1 fully saturated rings. The Balaban J connectivity index is 1.49. The zero-order valence-corrected chi connectivity index (χ0v) is 16.4. The lowest BCUT2D eigenvalue weighted by Gasteiger charge is -2.25. The fourth-order valence-corrected chi connectivity index (χ4v) is 3.87. The highest BCUT2D eigenvalue weighted by molar-refractivity contribution is 6.04. The maximum atomic E-state index is 12.9. The molecule has 1 saturated heterocycles. The number of hydrogen-bond acceptors (Lipinski definition) is 5. The maximum Gasteiger partial charge on any atom is 0.272 e. The second kappa shape index (κ2) is 8.43. The van der Waals surface area contributed by atoms with E-state index in [-0.39, 0.29) is 11.9 Å². The van der Waals surface area contributed by atoms with E-state index in [4.69, 9.17) is 0 Å². The van der Waals surface area contributed by atoms with Crippen LogP contribution < -0.4 is 5.32 Å². The molecule has 1 amide bonds. The Bertz CT molecular complexity index is 1050. The van der Waals surface area contributed by atoms with Crippen LogP contribution in [0.5, 0.6) is 0 Å². The highest BCUT2D eigenvalue weighted by Gasteiger charge is 2.25. The molecule has 0 bridgehead atoms. The van der Waals surface area contributed by atoms with Crippen LogP contribution in [-0.2, 0) is 6.54 Å². The van der Waals surface area contributed by atoms with Crippen molar-refractivity contribution in [3.8, 4) is 6.07 Å². The number of nitrogens with zero attached hydrogens (tertiary/aromatic N) is 4. The summed E-state index contributed by atoms with van der Waals surface area (Å²) in [5.74, 6) is -0.167. The number of carbonyl (C=O) groups excluding carboxylic acids is 1. The van der Waals surface area contributed by atoms with Crippen molar-refractivity contribution in [2.45, 2.75) is 12.6 Å². The van der Waals surface area contributed by atoms with Gasteiger partial charge in [0.05, 0.1) is 23.2 Å². The number of aromatic nitrogens is 2. The van der Waals surface area contributed by atoms with Crippen molar-refractivity contribution in [3.63, 3.8) is 0 Å². The Kier molecular flexibility index (Phi) is 5.56. The molecule has 2 N–H and O–H groups in total. The molecule has 0 saturated carbocycles. The van der Waals surface area contributed by atoms with Gasteiger partial charge < -0.3 is 10.2 Å². The number of aromatic amines is 1. The number of rotatable bonds is 4. The molecule has 1 unspecified atom stereocenters. The van der Waals surface area contributed by atoms with Gasteiger partial charge in [0.15, 0.2) is 5.69 Å². The highest BCUT2D eigenvalue weighted by Crippen LogP contribution is 2.16. The second-order valence-corrected chi connectivity index (χ2v) is 7.55. The van der Waals surface area contributed by atoms with Gasteiger partial charge in [-0.2, -0.15) is 10.4 Å². The third-order valence-electron chi connectivity index (χ3n) is 5.36. The van der Waals surface area contributed by atoms with Crippen LogP contribution in [0.3, 0.4) is 0 Å². The average molecular weight is 388 g/mol. The summed E-state index contributed by atoms with van der Waals surface area (Å²) in [6.45, 7) is 3.97. The molecule has 29 heavy (non-hydrogen) atoms. The van der Waals surface area contributed by atoms with Crippen LogP contribution in [0.15, 0.2) is 48.5 Å². The summed E-state index contributed by atoms with van der Waals surface area (Å²) in [7, 11) is 2.07.